The maximum Gasteiger partial charge on any atom is 0.488 e. The van der Waals surface area contributed by atoms with Crippen molar-refractivity contribution in [3.8, 4) is 0 Å². The summed E-state index contributed by atoms with van der Waals surface area (Å²) >= 11 is 1.67. The summed E-state index contributed by atoms with van der Waals surface area (Å²) in [4.78, 5) is 0. The van der Waals surface area contributed by atoms with E-state index in [-0.39, 0.29) is 5.46 Å². The van der Waals surface area contributed by atoms with Crippen molar-refractivity contribution in [1.82, 2.24) is 0 Å². The van der Waals surface area contributed by atoms with Crippen molar-refractivity contribution < 1.29 is 14.4 Å². The van der Waals surface area contributed by atoms with Crippen LogP contribution in [0.1, 0.15) is 16.7 Å². The highest BCUT2D eigenvalue weighted by Crippen LogP contribution is 2.20. The molecule has 5 heteroatoms. The molecule has 2 N–H and O–H groups in total. The van der Waals surface area contributed by atoms with Crippen molar-refractivity contribution in [2.24, 2.45) is 0 Å². The molecule has 0 amide bonds. The zero-order valence-corrected chi connectivity index (χ0v) is 12.0. The van der Waals surface area contributed by atoms with Crippen LogP contribution in [0, 0.1) is 12.7 Å². The quantitative estimate of drug-likeness (QED) is 0.830. The van der Waals surface area contributed by atoms with Gasteiger partial charge in [-0.05, 0) is 41.2 Å². The molecule has 2 aromatic rings. The molecule has 0 heterocycles. The number of halogens is 1. The standard InChI is InChI=1S/C15H16BFO2S/c1-11-4-2-3-5-13(11)10-20-9-12-6-14(16(18)19)8-15(17)7-12/h2-8,18-19H,9-10H2,1H3. The van der Waals surface area contributed by atoms with Gasteiger partial charge < -0.3 is 10.0 Å². The summed E-state index contributed by atoms with van der Waals surface area (Å²) in [5.41, 5.74) is 3.45. The van der Waals surface area contributed by atoms with Crippen LogP contribution >= 0.6 is 11.8 Å². The van der Waals surface area contributed by atoms with E-state index in [9.17, 15) is 4.39 Å². The molecule has 0 aliphatic carbocycles. The number of benzene rings is 2. The van der Waals surface area contributed by atoms with Crippen LogP contribution in [-0.4, -0.2) is 17.2 Å². The van der Waals surface area contributed by atoms with E-state index in [0.29, 0.717) is 5.75 Å². The minimum absolute atomic E-state index is 0.191. The van der Waals surface area contributed by atoms with Crippen molar-refractivity contribution in [2.45, 2.75) is 18.4 Å². The minimum atomic E-state index is -1.63. The van der Waals surface area contributed by atoms with Crippen LogP contribution < -0.4 is 5.46 Å². The first-order valence-electron chi connectivity index (χ1n) is 6.34. The van der Waals surface area contributed by atoms with E-state index in [1.807, 2.05) is 12.1 Å². The molecule has 0 spiro atoms. The van der Waals surface area contributed by atoms with E-state index in [1.54, 1.807) is 17.8 Å². The second kappa shape index (κ2) is 6.93. The van der Waals surface area contributed by atoms with Gasteiger partial charge in [-0.25, -0.2) is 4.39 Å². The van der Waals surface area contributed by atoms with Gasteiger partial charge in [-0.1, -0.05) is 30.3 Å². The first-order chi connectivity index (χ1) is 9.56. The lowest BCUT2D eigenvalue weighted by atomic mass is 9.79. The van der Waals surface area contributed by atoms with Crippen molar-refractivity contribution in [2.75, 3.05) is 0 Å². The number of rotatable bonds is 5. The summed E-state index contributed by atoms with van der Waals surface area (Å²) < 4.78 is 13.4. The maximum absolute atomic E-state index is 13.4. The molecule has 0 radical (unpaired) electrons. The predicted molar refractivity (Wildman–Crippen MR) is 82.4 cm³/mol. The summed E-state index contributed by atoms with van der Waals surface area (Å²) in [5, 5.41) is 18.2. The molecule has 0 aromatic heterocycles. The molecule has 2 rings (SSSR count). The third kappa shape index (κ3) is 4.10. The molecule has 0 fully saturated rings. The van der Waals surface area contributed by atoms with E-state index in [1.165, 1.54) is 17.2 Å². The molecule has 0 atom stereocenters. The molecule has 0 unspecified atom stereocenters. The third-order valence-corrected chi connectivity index (χ3v) is 4.12. The average Bonchev–Trinajstić information content (AvgIpc) is 2.40. The van der Waals surface area contributed by atoms with Gasteiger partial charge in [-0.15, -0.1) is 0 Å². The Morgan fingerprint density at radius 2 is 1.85 bits per heavy atom. The van der Waals surface area contributed by atoms with Gasteiger partial charge >= 0.3 is 7.12 Å². The molecule has 0 aliphatic heterocycles. The van der Waals surface area contributed by atoms with Crippen LogP contribution in [0.5, 0.6) is 0 Å². The molecule has 2 nitrogen and oxygen atoms in total. The highest BCUT2D eigenvalue weighted by atomic mass is 32.2. The highest BCUT2D eigenvalue weighted by Gasteiger charge is 2.13. The average molecular weight is 290 g/mol. The summed E-state index contributed by atoms with van der Waals surface area (Å²) in [5.74, 6) is 1.04. The second-order valence-electron chi connectivity index (χ2n) is 4.69. The van der Waals surface area contributed by atoms with E-state index < -0.39 is 12.9 Å². The Balaban J connectivity index is 1.99. The predicted octanol–water partition coefficient (Wildman–Crippen LogP) is 2.25. The molecular formula is C15H16BFO2S. The normalized spacial score (nSPS) is 10.6. The van der Waals surface area contributed by atoms with Crippen molar-refractivity contribution in [3.63, 3.8) is 0 Å². The Kier molecular flexibility index (Phi) is 5.23. The van der Waals surface area contributed by atoms with E-state index in [4.69, 9.17) is 10.0 Å². The topological polar surface area (TPSA) is 40.5 Å². The van der Waals surface area contributed by atoms with Gasteiger partial charge in [0.15, 0.2) is 0 Å². The lowest BCUT2D eigenvalue weighted by Crippen LogP contribution is -2.30. The van der Waals surface area contributed by atoms with E-state index in [0.717, 1.165) is 17.4 Å². The number of hydrogen-bond acceptors (Lipinski definition) is 3. The first kappa shape index (κ1) is 15.1. The summed E-state index contributed by atoms with van der Waals surface area (Å²) in [6.45, 7) is 2.07. The number of thioether (sulfide) groups is 1. The van der Waals surface area contributed by atoms with Crippen LogP contribution in [0.2, 0.25) is 0 Å². The van der Waals surface area contributed by atoms with Crippen LogP contribution in [-0.2, 0) is 11.5 Å². The highest BCUT2D eigenvalue weighted by molar-refractivity contribution is 7.97. The second-order valence-corrected chi connectivity index (χ2v) is 5.67. The maximum atomic E-state index is 13.4. The van der Waals surface area contributed by atoms with Gasteiger partial charge in [0.1, 0.15) is 5.82 Å². The minimum Gasteiger partial charge on any atom is -0.423 e. The van der Waals surface area contributed by atoms with Crippen molar-refractivity contribution in [3.05, 3.63) is 65.0 Å². The Bertz CT molecular complexity index is 590. The molecule has 0 saturated carbocycles. The monoisotopic (exact) mass is 290 g/mol. The molecular weight excluding hydrogens is 274 g/mol. The van der Waals surface area contributed by atoms with Gasteiger partial charge in [0, 0.05) is 11.5 Å². The molecule has 0 bridgehead atoms. The van der Waals surface area contributed by atoms with Gasteiger partial charge in [0.25, 0.3) is 0 Å². The van der Waals surface area contributed by atoms with Crippen LogP contribution in [0.3, 0.4) is 0 Å². The third-order valence-electron chi connectivity index (χ3n) is 3.07. The SMILES string of the molecule is Cc1ccccc1CSCc1cc(F)cc(B(O)O)c1. The Morgan fingerprint density at radius 3 is 2.55 bits per heavy atom. The van der Waals surface area contributed by atoms with E-state index >= 15 is 0 Å². The zero-order valence-electron chi connectivity index (χ0n) is 11.2. The smallest absolute Gasteiger partial charge is 0.423 e. The van der Waals surface area contributed by atoms with Gasteiger partial charge in [-0.3, -0.25) is 0 Å². The fraction of sp³-hybridized carbons (Fsp3) is 0.200. The fourth-order valence-electron chi connectivity index (χ4n) is 1.96. The molecule has 2 aromatic carbocycles. The van der Waals surface area contributed by atoms with Gasteiger partial charge in [0.2, 0.25) is 0 Å². The lowest BCUT2D eigenvalue weighted by molar-refractivity contribution is 0.425. The zero-order chi connectivity index (χ0) is 14.5. The van der Waals surface area contributed by atoms with Crippen LogP contribution in [0.25, 0.3) is 0 Å². The molecule has 20 heavy (non-hydrogen) atoms. The van der Waals surface area contributed by atoms with Crippen LogP contribution in [0.4, 0.5) is 4.39 Å². The largest absolute Gasteiger partial charge is 0.488 e. The van der Waals surface area contributed by atoms with Crippen molar-refractivity contribution >= 4 is 24.3 Å². The molecule has 0 saturated heterocycles. The lowest BCUT2D eigenvalue weighted by Gasteiger charge is -2.07. The van der Waals surface area contributed by atoms with Gasteiger partial charge in [-0.2, -0.15) is 11.8 Å². The molecule has 0 aliphatic rings. The first-order valence-corrected chi connectivity index (χ1v) is 7.49. The Morgan fingerprint density at radius 1 is 1.10 bits per heavy atom. The fourth-order valence-corrected chi connectivity index (χ4v) is 3.01. The molecule has 104 valence electrons. The summed E-state index contributed by atoms with van der Waals surface area (Å²) in [6, 6.07) is 12.3. The number of hydrogen-bond donors (Lipinski definition) is 2. The Hall–Kier alpha value is -1.30. The van der Waals surface area contributed by atoms with E-state index in [2.05, 4.69) is 19.1 Å². The van der Waals surface area contributed by atoms with Crippen LogP contribution in [0.15, 0.2) is 42.5 Å². The van der Waals surface area contributed by atoms with Crippen molar-refractivity contribution in [1.29, 1.82) is 0 Å². The Labute approximate surface area is 122 Å². The summed E-state index contributed by atoms with van der Waals surface area (Å²) in [6.07, 6.45) is 0. The summed E-state index contributed by atoms with van der Waals surface area (Å²) in [7, 11) is -1.63. The number of aryl methyl sites for hydroxylation is 1. The van der Waals surface area contributed by atoms with Gasteiger partial charge in [0.05, 0.1) is 0 Å².